The van der Waals surface area contributed by atoms with E-state index in [1.165, 1.54) is 18.6 Å². The van der Waals surface area contributed by atoms with Crippen LogP contribution in [0.4, 0.5) is 4.39 Å². The second kappa shape index (κ2) is 5.21. The summed E-state index contributed by atoms with van der Waals surface area (Å²) in [5, 5.41) is 0. The number of hydrogen-bond acceptors (Lipinski definition) is 3. The highest BCUT2D eigenvalue weighted by Gasteiger charge is 2.33. The molecule has 0 spiro atoms. The van der Waals surface area contributed by atoms with Gasteiger partial charge < -0.3 is 5.73 Å². The number of benzene rings is 1. The zero-order chi connectivity index (χ0) is 14.1. The molecule has 5 heteroatoms. The van der Waals surface area contributed by atoms with E-state index in [1.807, 2.05) is 0 Å². The summed E-state index contributed by atoms with van der Waals surface area (Å²) in [4.78, 5) is -0.237. The molecule has 0 heterocycles. The van der Waals surface area contributed by atoms with E-state index in [4.69, 9.17) is 5.73 Å². The van der Waals surface area contributed by atoms with Crippen LogP contribution in [-0.4, -0.2) is 21.2 Å². The molecule has 1 aromatic rings. The molecule has 0 atom stereocenters. The van der Waals surface area contributed by atoms with Crippen molar-refractivity contribution < 1.29 is 12.8 Å². The van der Waals surface area contributed by atoms with Crippen molar-refractivity contribution in [3.63, 3.8) is 0 Å². The molecule has 2 rings (SSSR count). The number of hydrogen-bond donors (Lipinski definition) is 1. The van der Waals surface area contributed by atoms with Crippen LogP contribution in [0.3, 0.4) is 0 Å². The maximum atomic E-state index is 14.0. The Kier molecular flexibility index (Phi) is 3.97. The van der Waals surface area contributed by atoms with E-state index in [0.29, 0.717) is 6.54 Å². The molecule has 1 aromatic carbocycles. The summed E-state index contributed by atoms with van der Waals surface area (Å²) in [6.45, 7) is 0.477. The first-order valence-corrected chi connectivity index (χ1v) is 8.48. The molecule has 0 amide bonds. The zero-order valence-corrected chi connectivity index (χ0v) is 12.0. The minimum Gasteiger partial charge on any atom is -0.330 e. The van der Waals surface area contributed by atoms with E-state index < -0.39 is 15.7 Å². The molecule has 1 aliphatic carbocycles. The van der Waals surface area contributed by atoms with Crippen molar-refractivity contribution in [2.45, 2.75) is 42.4 Å². The second-order valence-corrected chi connectivity index (χ2v) is 7.45. The van der Waals surface area contributed by atoms with E-state index in [-0.39, 0.29) is 10.3 Å². The van der Waals surface area contributed by atoms with Gasteiger partial charge in [0, 0.05) is 18.2 Å². The van der Waals surface area contributed by atoms with Crippen LogP contribution in [0.5, 0.6) is 0 Å². The maximum absolute atomic E-state index is 14.0. The quantitative estimate of drug-likeness (QED) is 0.927. The maximum Gasteiger partial charge on any atom is 0.178 e. The van der Waals surface area contributed by atoms with Gasteiger partial charge in [-0.2, -0.15) is 0 Å². The van der Waals surface area contributed by atoms with Crippen LogP contribution in [0.25, 0.3) is 0 Å². The first kappa shape index (κ1) is 14.5. The van der Waals surface area contributed by atoms with Crippen LogP contribution in [0.15, 0.2) is 23.1 Å². The molecule has 3 nitrogen and oxygen atoms in total. The summed E-state index contributed by atoms with van der Waals surface area (Å²) in [5.74, 6) is -0.668. The van der Waals surface area contributed by atoms with Gasteiger partial charge in [-0.1, -0.05) is 25.3 Å². The van der Waals surface area contributed by atoms with Crippen LogP contribution in [0.2, 0.25) is 0 Å². The topological polar surface area (TPSA) is 60.2 Å². The predicted molar refractivity (Wildman–Crippen MR) is 73.3 cm³/mol. The van der Waals surface area contributed by atoms with Crippen molar-refractivity contribution in [2.75, 3.05) is 12.8 Å². The standard InChI is InChI=1S/C14H20FNO2S/c1-19(17,18)13-6-5-11(9-12(13)15)14(10-16)7-3-2-4-8-14/h5-6,9H,2-4,7-8,10,16H2,1H3. The Morgan fingerprint density at radius 2 is 1.89 bits per heavy atom. The highest BCUT2D eigenvalue weighted by Crippen LogP contribution is 2.39. The average Bonchev–Trinajstić information content (AvgIpc) is 2.38. The Hall–Kier alpha value is -0.940. The lowest BCUT2D eigenvalue weighted by atomic mass is 9.69. The SMILES string of the molecule is CS(=O)(=O)c1ccc(C2(CN)CCCCC2)cc1F. The second-order valence-electron chi connectivity index (χ2n) is 5.46. The lowest BCUT2D eigenvalue weighted by Crippen LogP contribution is -2.37. The molecule has 0 radical (unpaired) electrons. The monoisotopic (exact) mass is 285 g/mol. The van der Waals surface area contributed by atoms with E-state index in [9.17, 15) is 12.8 Å². The molecule has 2 N–H and O–H groups in total. The van der Waals surface area contributed by atoms with Crippen LogP contribution in [0, 0.1) is 5.82 Å². The molecule has 0 aliphatic heterocycles. The highest BCUT2D eigenvalue weighted by atomic mass is 32.2. The van der Waals surface area contributed by atoms with Gasteiger partial charge in [0.1, 0.15) is 10.7 Å². The van der Waals surface area contributed by atoms with Gasteiger partial charge in [-0.3, -0.25) is 0 Å². The normalized spacial score (nSPS) is 19.3. The summed E-state index contributed by atoms with van der Waals surface area (Å²) in [7, 11) is -3.51. The molecule has 1 saturated carbocycles. The fourth-order valence-corrected chi connectivity index (χ4v) is 3.70. The summed E-state index contributed by atoms with van der Waals surface area (Å²) in [5.41, 5.74) is 6.55. The number of rotatable bonds is 3. The van der Waals surface area contributed by atoms with Gasteiger partial charge in [0.05, 0.1) is 0 Å². The molecule has 1 fully saturated rings. The molecule has 0 aromatic heterocycles. The Bertz CT molecular complexity index is 563. The lowest BCUT2D eigenvalue weighted by Gasteiger charge is -2.37. The van der Waals surface area contributed by atoms with Crippen molar-refractivity contribution in [3.8, 4) is 0 Å². The molecular formula is C14H20FNO2S. The first-order valence-electron chi connectivity index (χ1n) is 6.59. The van der Waals surface area contributed by atoms with Crippen LogP contribution >= 0.6 is 0 Å². The lowest BCUT2D eigenvalue weighted by molar-refractivity contribution is 0.299. The first-order chi connectivity index (χ1) is 8.89. The molecule has 1 aliphatic rings. The minimum absolute atomic E-state index is 0.185. The van der Waals surface area contributed by atoms with E-state index in [2.05, 4.69) is 0 Å². The Balaban J connectivity index is 2.43. The van der Waals surface area contributed by atoms with E-state index in [1.54, 1.807) is 6.07 Å². The highest BCUT2D eigenvalue weighted by molar-refractivity contribution is 7.90. The fourth-order valence-electron chi connectivity index (χ4n) is 2.97. The molecule has 0 saturated heterocycles. The van der Waals surface area contributed by atoms with Crippen molar-refractivity contribution in [1.29, 1.82) is 0 Å². The van der Waals surface area contributed by atoms with Crippen molar-refractivity contribution in [2.24, 2.45) is 5.73 Å². The number of nitrogens with two attached hydrogens (primary N) is 1. The number of halogens is 1. The largest absolute Gasteiger partial charge is 0.330 e. The summed E-state index contributed by atoms with van der Waals surface area (Å²) in [6, 6.07) is 4.44. The molecule has 106 valence electrons. The zero-order valence-electron chi connectivity index (χ0n) is 11.2. The van der Waals surface area contributed by atoms with Gasteiger partial charge in [-0.15, -0.1) is 0 Å². The average molecular weight is 285 g/mol. The van der Waals surface area contributed by atoms with Crippen LogP contribution < -0.4 is 5.73 Å². The Labute approximate surface area is 113 Å². The fraction of sp³-hybridized carbons (Fsp3) is 0.571. The van der Waals surface area contributed by atoms with Crippen LogP contribution in [-0.2, 0) is 15.3 Å². The smallest absolute Gasteiger partial charge is 0.178 e. The predicted octanol–water partition coefficient (Wildman–Crippen LogP) is 2.39. The molecular weight excluding hydrogens is 265 g/mol. The van der Waals surface area contributed by atoms with Crippen molar-refractivity contribution in [1.82, 2.24) is 0 Å². The van der Waals surface area contributed by atoms with Gasteiger partial charge in [0.2, 0.25) is 0 Å². The summed E-state index contributed by atoms with van der Waals surface area (Å²) >= 11 is 0. The van der Waals surface area contributed by atoms with Gasteiger partial charge in [0.15, 0.2) is 9.84 Å². The molecule has 19 heavy (non-hydrogen) atoms. The minimum atomic E-state index is -3.51. The Morgan fingerprint density at radius 1 is 1.26 bits per heavy atom. The van der Waals surface area contributed by atoms with Gasteiger partial charge in [0.25, 0.3) is 0 Å². The van der Waals surface area contributed by atoms with Gasteiger partial charge in [-0.05, 0) is 30.5 Å². The third-order valence-corrected chi connectivity index (χ3v) is 5.28. The Morgan fingerprint density at radius 3 is 2.37 bits per heavy atom. The third kappa shape index (κ3) is 2.82. The van der Waals surface area contributed by atoms with Crippen molar-refractivity contribution >= 4 is 9.84 Å². The third-order valence-electron chi connectivity index (χ3n) is 4.15. The molecule has 0 bridgehead atoms. The van der Waals surface area contributed by atoms with Crippen LogP contribution in [0.1, 0.15) is 37.7 Å². The van der Waals surface area contributed by atoms with Gasteiger partial charge >= 0.3 is 0 Å². The van der Waals surface area contributed by atoms with Gasteiger partial charge in [-0.25, -0.2) is 12.8 Å². The van der Waals surface area contributed by atoms with Crippen molar-refractivity contribution in [3.05, 3.63) is 29.6 Å². The molecule has 0 unspecified atom stereocenters. The van der Waals surface area contributed by atoms with E-state index in [0.717, 1.165) is 37.5 Å². The summed E-state index contributed by atoms with van der Waals surface area (Å²) in [6.07, 6.45) is 6.28. The number of sulfone groups is 1. The summed E-state index contributed by atoms with van der Waals surface area (Å²) < 4.78 is 36.8. The van der Waals surface area contributed by atoms with E-state index >= 15 is 0 Å².